The van der Waals surface area contributed by atoms with E-state index < -0.39 is 36.4 Å². The number of hydrogen-bond donors (Lipinski definition) is 4. The summed E-state index contributed by atoms with van der Waals surface area (Å²) in [7, 11) is 2.39. The molecule has 0 aromatic carbocycles. The average molecular weight is 268 g/mol. The van der Waals surface area contributed by atoms with Crippen LogP contribution in [0.5, 0.6) is 0 Å². The van der Waals surface area contributed by atoms with Crippen molar-refractivity contribution < 1.29 is 39.4 Å². The normalized spacial score (nSPS) is 28.7. The lowest BCUT2D eigenvalue weighted by molar-refractivity contribution is -0.388. The van der Waals surface area contributed by atoms with Gasteiger partial charge in [-0.1, -0.05) is 0 Å². The van der Waals surface area contributed by atoms with E-state index in [-0.39, 0.29) is 0 Å². The SMILES string of the molecule is COC(O)(OC)C1OC(C)(C)OC1CC(O)(O)O. The summed E-state index contributed by atoms with van der Waals surface area (Å²) in [6.07, 6.45) is -2.80. The van der Waals surface area contributed by atoms with E-state index in [1.165, 1.54) is 14.2 Å². The van der Waals surface area contributed by atoms with Gasteiger partial charge in [0.15, 0.2) is 11.9 Å². The highest BCUT2D eigenvalue weighted by Crippen LogP contribution is 2.37. The molecule has 8 heteroatoms. The second-order valence-corrected chi connectivity index (χ2v) is 4.61. The van der Waals surface area contributed by atoms with Crippen molar-refractivity contribution in [3.63, 3.8) is 0 Å². The first kappa shape index (κ1) is 15.7. The van der Waals surface area contributed by atoms with Crippen molar-refractivity contribution in [2.45, 2.75) is 50.2 Å². The van der Waals surface area contributed by atoms with Crippen LogP contribution in [0.4, 0.5) is 0 Å². The summed E-state index contributed by atoms with van der Waals surface area (Å²) in [6, 6.07) is 0. The van der Waals surface area contributed by atoms with Crippen molar-refractivity contribution in [3.05, 3.63) is 0 Å². The van der Waals surface area contributed by atoms with Gasteiger partial charge >= 0.3 is 5.97 Å². The fourth-order valence-electron chi connectivity index (χ4n) is 1.88. The largest absolute Gasteiger partial charge is 0.344 e. The van der Waals surface area contributed by atoms with E-state index >= 15 is 0 Å². The molecule has 1 saturated heterocycles. The van der Waals surface area contributed by atoms with Crippen LogP contribution in [-0.2, 0) is 18.9 Å². The first-order valence-corrected chi connectivity index (χ1v) is 5.38. The minimum Gasteiger partial charge on any atom is -0.344 e. The molecule has 0 radical (unpaired) electrons. The molecular weight excluding hydrogens is 248 g/mol. The van der Waals surface area contributed by atoms with Crippen molar-refractivity contribution in [1.82, 2.24) is 0 Å². The van der Waals surface area contributed by atoms with Crippen molar-refractivity contribution >= 4 is 0 Å². The van der Waals surface area contributed by atoms with Crippen LogP contribution in [0.25, 0.3) is 0 Å². The maximum Gasteiger partial charge on any atom is 0.310 e. The number of methoxy groups -OCH3 is 2. The Morgan fingerprint density at radius 3 is 1.94 bits per heavy atom. The Morgan fingerprint density at radius 1 is 1.06 bits per heavy atom. The van der Waals surface area contributed by atoms with Gasteiger partial charge in [-0.25, -0.2) is 0 Å². The highest BCUT2D eigenvalue weighted by molar-refractivity contribution is 4.88. The molecule has 108 valence electrons. The van der Waals surface area contributed by atoms with Gasteiger partial charge in [-0.3, -0.25) is 0 Å². The number of ether oxygens (including phenoxy) is 4. The van der Waals surface area contributed by atoms with Gasteiger partial charge in [-0.05, 0) is 13.8 Å². The summed E-state index contributed by atoms with van der Waals surface area (Å²) in [4.78, 5) is 0. The van der Waals surface area contributed by atoms with Crippen LogP contribution >= 0.6 is 0 Å². The van der Waals surface area contributed by atoms with Gasteiger partial charge in [0.1, 0.15) is 6.10 Å². The third-order valence-electron chi connectivity index (χ3n) is 2.60. The predicted molar refractivity (Wildman–Crippen MR) is 56.8 cm³/mol. The molecule has 2 atom stereocenters. The molecule has 0 bridgehead atoms. The lowest BCUT2D eigenvalue weighted by Gasteiger charge is -2.32. The third kappa shape index (κ3) is 3.59. The molecule has 0 amide bonds. The Morgan fingerprint density at radius 2 is 1.56 bits per heavy atom. The van der Waals surface area contributed by atoms with Crippen LogP contribution in [0.15, 0.2) is 0 Å². The Balaban J connectivity index is 2.92. The van der Waals surface area contributed by atoms with Crippen LogP contribution in [0.1, 0.15) is 20.3 Å². The zero-order chi connectivity index (χ0) is 14.2. The molecule has 1 aliphatic heterocycles. The van der Waals surface area contributed by atoms with Crippen LogP contribution in [0, 0.1) is 0 Å². The van der Waals surface area contributed by atoms with E-state index in [1.54, 1.807) is 13.8 Å². The van der Waals surface area contributed by atoms with E-state index in [0.717, 1.165) is 0 Å². The highest BCUT2D eigenvalue weighted by Gasteiger charge is 2.55. The van der Waals surface area contributed by atoms with Gasteiger partial charge in [0, 0.05) is 14.2 Å². The Hall–Kier alpha value is -0.320. The fourth-order valence-corrected chi connectivity index (χ4v) is 1.88. The second-order valence-electron chi connectivity index (χ2n) is 4.61. The summed E-state index contributed by atoms with van der Waals surface area (Å²) in [5.41, 5.74) is 0. The number of rotatable bonds is 5. The van der Waals surface area contributed by atoms with Crippen LogP contribution in [0.2, 0.25) is 0 Å². The molecule has 1 rings (SSSR count). The smallest absolute Gasteiger partial charge is 0.310 e. The lowest BCUT2D eigenvalue weighted by Crippen LogP contribution is -2.52. The Labute approximate surface area is 105 Å². The highest BCUT2D eigenvalue weighted by atomic mass is 16.9. The molecule has 0 aliphatic carbocycles. The molecule has 4 N–H and O–H groups in total. The van der Waals surface area contributed by atoms with Gasteiger partial charge in [0.25, 0.3) is 5.97 Å². The van der Waals surface area contributed by atoms with Gasteiger partial charge in [-0.2, -0.15) is 0 Å². The number of aliphatic hydroxyl groups is 4. The quantitative estimate of drug-likeness (QED) is 0.443. The molecule has 1 fully saturated rings. The summed E-state index contributed by atoms with van der Waals surface area (Å²) in [5.74, 6) is -6.16. The van der Waals surface area contributed by atoms with Crippen molar-refractivity contribution in [2.75, 3.05) is 14.2 Å². The summed E-state index contributed by atoms with van der Waals surface area (Å²) < 4.78 is 20.3. The summed E-state index contributed by atoms with van der Waals surface area (Å²) >= 11 is 0. The van der Waals surface area contributed by atoms with E-state index in [4.69, 9.17) is 34.3 Å². The molecule has 8 nitrogen and oxygen atoms in total. The zero-order valence-corrected chi connectivity index (χ0v) is 10.8. The van der Waals surface area contributed by atoms with Gasteiger partial charge in [-0.15, -0.1) is 0 Å². The van der Waals surface area contributed by atoms with E-state index in [1.807, 2.05) is 0 Å². The monoisotopic (exact) mass is 268 g/mol. The van der Waals surface area contributed by atoms with Gasteiger partial charge < -0.3 is 39.4 Å². The minimum atomic E-state index is -2.95. The van der Waals surface area contributed by atoms with E-state index in [2.05, 4.69) is 0 Å². The average Bonchev–Trinajstić information content (AvgIpc) is 2.50. The van der Waals surface area contributed by atoms with Gasteiger partial charge in [0.2, 0.25) is 0 Å². The zero-order valence-electron chi connectivity index (χ0n) is 10.8. The van der Waals surface area contributed by atoms with Crippen LogP contribution < -0.4 is 0 Å². The standard InChI is InChI=1S/C10H20O8/c1-8(2)17-6(5-9(11,12)13)7(18-8)10(14,15-3)16-4/h6-7,11-14H,5H2,1-4H3. The summed E-state index contributed by atoms with van der Waals surface area (Å²) in [5, 5.41) is 37.0. The first-order chi connectivity index (χ1) is 8.03. The fraction of sp³-hybridized carbons (Fsp3) is 1.00. The van der Waals surface area contributed by atoms with Gasteiger partial charge in [0.05, 0.1) is 6.42 Å². The molecule has 1 heterocycles. The summed E-state index contributed by atoms with van der Waals surface area (Å²) in [6.45, 7) is 3.14. The lowest BCUT2D eigenvalue weighted by atomic mass is 10.1. The van der Waals surface area contributed by atoms with E-state index in [9.17, 15) is 5.11 Å². The topological polar surface area (TPSA) is 118 Å². The number of hydrogen-bond acceptors (Lipinski definition) is 8. The van der Waals surface area contributed by atoms with Crippen LogP contribution in [-0.4, -0.2) is 64.6 Å². The maximum atomic E-state index is 10.0. The van der Waals surface area contributed by atoms with Crippen molar-refractivity contribution in [2.24, 2.45) is 0 Å². The minimum absolute atomic E-state index is 0.601. The Kier molecular flexibility index (Phi) is 4.36. The molecule has 0 spiro atoms. The molecule has 0 saturated carbocycles. The molecule has 2 unspecified atom stereocenters. The molecule has 1 aliphatic rings. The molecule has 0 aromatic rings. The predicted octanol–water partition coefficient (Wildman–Crippen LogP) is -1.53. The molecule has 18 heavy (non-hydrogen) atoms. The van der Waals surface area contributed by atoms with E-state index in [0.29, 0.717) is 0 Å². The first-order valence-electron chi connectivity index (χ1n) is 5.38. The molecule has 0 aromatic heterocycles. The molecular formula is C10H20O8. The Bertz CT molecular complexity index is 280. The second kappa shape index (κ2) is 4.99. The van der Waals surface area contributed by atoms with Crippen LogP contribution in [0.3, 0.4) is 0 Å². The third-order valence-corrected chi connectivity index (χ3v) is 2.60. The van der Waals surface area contributed by atoms with Crippen molar-refractivity contribution in [3.8, 4) is 0 Å². The van der Waals surface area contributed by atoms with Crippen molar-refractivity contribution in [1.29, 1.82) is 0 Å². The maximum absolute atomic E-state index is 10.0.